The minimum atomic E-state index is -1.45. The zero-order valence-electron chi connectivity index (χ0n) is 8.79. The third-order valence-corrected chi connectivity index (χ3v) is 2.22. The average molecular weight is 245 g/mol. The fourth-order valence-corrected chi connectivity index (χ4v) is 1.47. The smallest absolute Gasteiger partial charge is 0.326 e. The summed E-state index contributed by atoms with van der Waals surface area (Å²) in [5, 5.41) is 17.4. The Morgan fingerprint density at radius 3 is 2.18 bits per heavy atom. The third-order valence-electron chi connectivity index (χ3n) is 2.22. The number of rotatable bonds is 5. The van der Waals surface area contributed by atoms with Crippen molar-refractivity contribution >= 4 is 23.8 Å². The molecule has 0 aliphatic carbocycles. The van der Waals surface area contributed by atoms with Crippen LogP contribution in [0.4, 0.5) is 0 Å². The molecule has 0 aromatic heterocycles. The molecule has 0 aromatic carbocycles. The Labute approximate surface area is 95.8 Å². The number of carbonyl (C=O) groups excluding carboxylic acids is 2. The van der Waals surface area contributed by atoms with E-state index in [2.05, 4.69) is 4.74 Å². The van der Waals surface area contributed by atoms with E-state index in [0.29, 0.717) is 4.90 Å². The molecule has 94 valence electrons. The summed E-state index contributed by atoms with van der Waals surface area (Å²) in [4.78, 5) is 44.6. The van der Waals surface area contributed by atoms with Gasteiger partial charge in [-0.05, 0) is 6.42 Å². The normalized spacial score (nSPS) is 18.0. The number of morpholine rings is 1. The van der Waals surface area contributed by atoms with Gasteiger partial charge in [0.1, 0.15) is 19.3 Å². The largest absolute Gasteiger partial charge is 0.481 e. The first kappa shape index (κ1) is 13.1. The van der Waals surface area contributed by atoms with Gasteiger partial charge in [0, 0.05) is 6.42 Å². The molecule has 8 heteroatoms. The van der Waals surface area contributed by atoms with E-state index in [1.165, 1.54) is 0 Å². The predicted molar refractivity (Wildman–Crippen MR) is 51.0 cm³/mol. The molecular weight excluding hydrogens is 234 g/mol. The van der Waals surface area contributed by atoms with Crippen molar-refractivity contribution in [2.45, 2.75) is 18.9 Å². The number of amides is 2. The van der Waals surface area contributed by atoms with Crippen molar-refractivity contribution in [2.75, 3.05) is 13.2 Å². The van der Waals surface area contributed by atoms with Crippen molar-refractivity contribution in [1.82, 2.24) is 4.90 Å². The van der Waals surface area contributed by atoms with Crippen LogP contribution in [0.15, 0.2) is 0 Å². The lowest BCUT2D eigenvalue weighted by molar-refractivity contribution is -0.168. The summed E-state index contributed by atoms with van der Waals surface area (Å²) in [6, 6.07) is -1.45. The van der Waals surface area contributed by atoms with Gasteiger partial charge < -0.3 is 14.9 Å². The second-order valence-corrected chi connectivity index (χ2v) is 3.44. The van der Waals surface area contributed by atoms with Crippen molar-refractivity contribution in [3.05, 3.63) is 0 Å². The summed E-state index contributed by atoms with van der Waals surface area (Å²) in [7, 11) is 0. The van der Waals surface area contributed by atoms with Gasteiger partial charge in [-0.1, -0.05) is 0 Å². The molecule has 0 saturated carbocycles. The Morgan fingerprint density at radius 2 is 1.76 bits per heavy atom. The van der Waals surface area contributed by atoms with Gasteiger partial charge >= 0.3 is 11.9 Å². The lowest BCUT2D eigenvalue weighted by Gasteiger charge is -2.29. The van der Waals surface area contributed by atoms with Gasteiger partial charge in [0.05, 0.1) is 0 Å². The van der Waals surface area contributed by atoms with E-state index in [4.69, 9.17) is 10.2 Å². The van der Waals surface area contributed by atoms with Crippen LogP contribution in [0.25, 0.3) is 0 Å². The number of ether oxygens (including phenoxy) is 1. The summed E-state index contributed by atoms with van der Waals surface area (Å²) in [5.74, 6) is -4.13. The summed E-state index contributed by atoms with van der Waals surface area (Å²) in [5.41, 5.74) is 0. The topological polar surface area (TPSA) is 121 Å². The standard InChI is InChI=1S/C9H11NO7/c11-6-3-17-4-7(12)10(6)5(9(15)16)1-2-8(13)14/h5H,1-4H2,(H,13,14)(H,15,16). The molecule has 0 radical (unpaired) electrons. The molecule has 0 bridgehead atoms. The monoisotopic (exact) mass is 245 g/mol. The minimum absolute atomic E-state index is 0.317. The van der Waals surface area contributed by atoms with Gasteiger partial charge in [-0.3, -0.25) is 19.3 Å². The fraction of sp³-hybridized carbons (Fsp3) is 0.556. The van der Waals surface area contributed by atoms with E-state index in [0.717, 1.165) is 0 Å². The zero-order chi connectivity index (χ0) is 13.0. The van der Waals surface area contributed by atoms with Crippen LogP contribution in [0.2, 0.25) is 0 Å². The molecule has 2 N–H and O–H groups in total. The number of imide groups is 1. The molecular formula is C9H11NO7. The molecule has 8 nitrogen and oxygen atoms in total. The number of carbonyl (C=O) groups is 4. The summed E-state index contributed by atoms with van der Waals surface area (Å²) in [6.07, 6.45) is -0.753. The van der Waals surface area contributed by atoms with Gasteiger partial charge in [0.15, 0.2) is 0 Å². The lowest BCUT2D eigenvalue weighted by Crippen LogP contribution is -2.54. The van der Waals surface area contributed by atoms with E-state index in [9.17, 15) is 19.2 Å². The lowest BCUT2D eigenvalue weighted by atomic mass is 10.1. The Kier molecular flexibility index (Phi) is 4.16. The number of carboxylic acids is 2. The van der Waals surface area contributed by atoms with Gasteiger partial charge in [-0.15, -0.1) is 0 Å². The van der Waals surface area contributed by atoms with Crippen LogP contribution in [0.3, 0.4) is 0 Å². The van der Waals surface area contributed by atoms with E-state index in [1.54, 1.807) is 0 Å². The van der Waals surface area contributed by atoms with E-state index in [-0.39, 0.29) is 19.6 Å². The van der Waals surface area contributed by atoms with Gasteiger partial charge in [-0.2, -0.15) is 0 Å². The second-order valence-electron chi connectivity index (χ2n) is 3.44. The Morgan fingerprint density at radius 1 is 1.24 bits per heavy atom. The average Bonchev–Trinajstić information content (AvgIpc) is 2.21. The van der Waals surface area contributed by atoms with Crippen LogP contribution in [-0.4, -0.2) is 58.1 Å². The van der Waals surface area contributed by atoms with Crippen molar-refractivity contribution < 1.29 is 34.1 Å². The maximum atomic E-state index is 11.4. The van der Waals surface area contributed by atoms with E-state index in [1.807, 2.05) is 0 Å². The first-order valence-corrected chi connectivity index (χ1v) is 4.80. The maximum absolute atomic E-state index is 11.4. The summed E-state index contributed by atoms with van der Waals surface area (Å²) in [6.45, 7) is -0.745. The molecule has 17 heavy (non-hydrogen) atoms. The number of hydrogen-bond donors (Lipinski definition) is 2. The highest BCUT2D eigenvalue weighted by Crippen LogP contribution is 2.12. The molecule has 0 spiro atoms. The van der Waals surface area contributed by atoms with Crippen LogP contribution in [-0.2, 0) is 23.9 Å². The minimum Gasteiger partial charge on any atom is -0.481 e. The fourth-order valence-electron chi connectivity index (χ4n) is 1.47. The highest BCUT2D eigenvalue weighted by molar-refractivity contribution is 6.01. The number of aliphatic carboxylic acids is 2. The SMILES string of the molecule is O=C(O)CCC(C(=O)O)N1C(=O)COCC1=O. The van der Waals surface area contributed by atoms with E-state index < -0.39 is 36.2 Å². The molecule has 1 saturated heterocycles. The molecule has 1 aliphatic rings. The molecule has 2 amide bonds. The molecule has 1 fully saturated rings. The maximum Gasteiger partial charge on any atom is 0.326 e. The van der Waals surface area contributed by atoms with Crippen molar-refractivity contribution in [2.24, 2.45) is 0 Å². The van der Waals surface area contributed by atoms with Gasteiger partial charge in [-0.25, -0.2) is 4.79 Å². The predicted octanol–water partition coefficient (Wildman–Crippen LogP) is -1.31. The zero-order valence-corrected chi connectivity index (χ0v) is 8.79. The number of carboxylic acid groups (broad SMARTS) is 2. The van der Waals surface area contributed by atoms with Crippen molar-refractivity contribution in [1.29, 1.82) is 0 Å². The third kappa shape index (κ3) is 3.25. The molecule has 1 heterocycles. The van der Waals surface area contributed by atoms with Crippen LogP contribution in [0, 0.1) is 0 Å². The number of hydrogen-bond acceptors (Lipinski definition) is 5. The van der Waals surface area contributed by atoms with Crippen LogP contribution in [0.5, 0.6) is 0 Å². The number of nitrogens with zero attached hydrogens (tertiary/aromatic N) is 1. The first-order chi connectivity index (χ1) is 7.93. The van der Waals surface area contributed by atoms with Gasteiger partial charge in [0.2, 0.25) is 0 Å². The molecule has 1 aliphatic heterocycles. The Bertz CT molecular complexity index is 348. The highest BCUT2D eigenvalue weighted by Gasteiger charge is 2.37. The Hall–Kier alpha value is -1.96. The van der Waals surface area contributed by atoms with Crippen LogP contribution >= 0.6 is 0 Å². The van der Waals surface area contributed by atoms with Gasteiger partial charge in [0.25, 0.3) is 11.8 Å². The van der Waals surface area contributed by atoms with Crippen molar-refractivity contribution in [3.63, 3.8) is 0 Å². The Balaban J connectivity index is 2.80. The van der Waals surface area contributed by atoms with Crippen molar-refractivity contribution in [3.8, 4) is 0 Å². The highest BCUT2D eigenvalue weighted by atomic mass is 16.5. The van der Waals surface area contributed by atoms with Crippen LogP contribution < -0.4 is 0 Å². The van der Waals surface area contributed by atoms with Crippen LogP contribution in [0.1, 0.15) is 12.8 Å². The second kappa shape index (κ2) is 5.39. The quantitative estimate of drug-likeness (QED) is 0.576. The summed E-state index contributed by atoms with van der Waals surface area (Å²) >= 11 is 0. The van der Waals surface area contributed by atoms with E-state index >= 15 is 0 Å². The first-order valence-electron chi connectivity index (χ1n) is 4.80. The molecule has 0 aromatic rings. The molecule has 1 unspecified atom stereocenters. The molecule has 1 atom stereocenters. The summed E-state index contributed by atoms with van der Waals surface area (Å²) < 4.78 is 4.63. The molecule has 1 rings (SSSR count).